The fraction of sp³-hybridized carbons (Fsp3) is 1.00. The predicted molar refractivity (Wildman–Crippen MR) is 71.0 cm³/mol. The van der Waals surface area contributed by atoms with E-state index in [0.29, 0.717) is 5.41 Å². The first-order valence-corrected chi connectivity index (χ1v) is 7.40. The van der Waals surface area contributed by atoms with Gasteiger partial charge in [0.15, 0.2) is 0 Å². The molecule has 0 unspecified atom stereocenters. The van der Waals surface area contributed by atoms with Crippen LogP contribution >= 0.6 is 22.6 Å². The molecule has 0 aromatic heterocycles. The van der Waals surface area contributed by atoms with Crippen molar-refractivity contribution < 1.29 is 0 Å². The highest BCUT2D eigenvalue weighted by Gasteiger charge is 2.40. The summed E-state index contributed by atoms with van der Waals surface area (Å²) in [5.74, 6) is 0. The summed E-state index contributed by atoms with van der Waals surface area (Å²) < 4.78 is 0.980. The summed E-state index contributed by atoms with van der Waals surface area (Å²) >= 11 is 2.64. The highest BCUT2D eigenvalue weighted by atomic mass is 127. The van der Waals surface area contributed by atoms with Gasteiger partial charge in [-0.25, -0.2) is 0 Å². The van der Waals surface area contributed by atoms with Crippen molar-refractivity contribution in [1.82, 2.24) is 0 Å². The topological polar surface area (TPSA) is 0 Å². The molecular weight excluding hydrogens is 283 g/mol. The summed E-state index contributed by atoms with van der Waals surface area (Å²) in [7, 11) is 0. The van der Waals surface area contributed by atoms with Crippen molar-refractivity contribution in [2.75, 3.05) is 0 Å². The summed E-state index contributed by atoms with van der Waals surface area (Å²) in [4.78, 5) is 0. The molecule has 0 bridgehead atoms. The van der Waals surface area contributed by atoms with Gasteiger partial charge in [0.1, 0.15) is 0 Å². The van der Waals surface area contributed by atoms with E-state index >= 15 is 0 Å². The lowest BCUT2D eigenvalue weighted by Crippen LogP contribution is -2.34. The lowest BCUT2D eigenvalue weighted by Gasteiger charge is -2.46. The van der Waals surface area contributed by atoms with E-state index in [4.69, 9.17) is 0 Å². The van der Waals surface area contributed by atoms with Crippen molar-refractivity contribution in [3.63, 3.8) is 0 Å². The van der Waals surface area contributed by atoms with E-state index in [9.17, 15) is 0 Å². The molecule has 0 aliphatic heterocycles. The zero-order chi connectivity index (χ0) is 10.2. The fourth-order valence-corrected chi connectivity index (χ4v) is 3.77. The molecule has 1 spiro atoms. The van der Waals surface area contributed by atoms with Crippen LogP contribution in [0.3, 0.4) is 0 Å². The van der Waals surface area contributed by atoms with Crippen LogP contribution in [0.15, 0.2) is 0 Å². The van der Waals surface area contributed by atoms with Crippen LogP contribution in [0.4, 0.5) is 0 Å². The van der Waals surface area contributed by atoms with Crippen LogP contribution in [-0.4, -0.2) is 3.92 Å². The number of halogens is 1. The molecular formula is C13H23I. The summed E-state index contributed by atoms with van der Waals surface area (Å²) in [5, 5.41) is 0. The van der Waals surface area contributed by atoms with E-state index in [0.717, 1.165) is 9.34 Å². The molecule has 0 saturated heterocycles. The first-order valence-electron chi connectivity index (χ1n) is 6.16. The Morgan fingerprint density at radius 1 is 0.857 bits per heavy atom. The highest BCUT2D eigenvalue weighted by molar-refractivity contribution is 14.1. The Balaban J connectivity index is 1.93. The van der Waals surface area contributed by atoms with Crippen molar-refractivity contribution >= 4 is 22.6 Å². The molecule has 2 fully saturated rings. The summed E-state index contributed by atoms with van der Waals surface area (Å²) in [5.41, 5.74) is 1.43. The second-order valence-corrected chi connectivity index (χ2v) is 8.10. The molecule has 1 heteroatoms. The van der Waals surface area contributed by atoms with Gasteiger partial charge in [0.25, 0.3) is 0 Å². The standard InChI is InChI=1S/C13H23I/c1-12(2)7-9-13(10-8-12)5-3-11(14)4-6-13/h11H,3-10H2,1-2H3. The van der Waals surface area contributed by atoms with Gasteiger partial charge >= 0.3 is 0 Å². The van der Waals surface area contributed by atoms with Crippen LogP contribution in [0.2, 0.25) is 0 Å². The zero-order valence-electron chi connectivity index (χ0n) is 9.61. The SMILES string of the molecule is CC1(C)CCC2(CCC(I)CC2)CC1. The van der Waals surface area contributed by atoms with Gasteiger partial charge in [0, 0.05) is 3.92 Å². The molecule has 2 rings (SSSR count). The Morgan fingerprint density at radius 3 is 1.86 bits per heavy atom. The van der Waals surface area contributed by atoms with Crippen molar-refractivity contribution in [3.8, 4) is 0 Å². The average molecular weight is 306 g/mol. The van der Waals surface area contributed by atoms with Crippen molar-refractivity contribution in [2.45, 2.75) is 69.1 Å². The van der Waals surface area contributed by atoms with E-state index in [1.165, 1.54) is 51.4 Å². The lowest BCUT2D eigenvalue weighted by atomic mass is 9.60. The third-order valence-electron chi connectivity index (χ3n) is 4.64. The lowest BCUT2D eigenvalue weighted by molar-refractivity contribution is 0.0670. The van der Waals surface area contributed by atoms with Crippen LogP contribution in [-0.2, 0) is 0 Å². The van der Waals surface area contributed by atoms with Crippen molar-refractivity contribution in [1.29, 1.82) is 0 Å². The molecule has 0 heterocycles. The highest BCUT2D eigenvalue weighted by Crippen LogP contribution is 2.52. The first kappa shape index (κ1) is 11.2. The number of rotatable bonds is 0. The zero-order valence-corrected chi connectivity index (χ0v) is 11.8. The molecule has 82 valence electrons. The second-order valence-electron chi connectivity index (χ2n) is 6.34. The Kier molecular flexibility index (Phi) is 3.17. The van der Waals surface area contributed by atoms with Gasteiger partial charge in [-0.05, 0) is 62.2 Å². The average Bonchev–Trinajstić information content (AvgIpc) is 2.16. The molecule has 2 aliphatic carbocycles. The van der Waals surface area contributed by atoms with E-state index in [2.05, 4.69) is 36.4 Å². The largest absolute Gasteiger partial charge is 0.0826 e. The quantitative estimate of drug-likeness (QED) is 0.439. The number of alkyl halides is 1. The van der Waals surface area contributed by atoms with E-state index < -0.39 is 0 Å². The smallest absolute Gasteiger partial charge is 0.0110 e. The van der Waals surface area contributed by atoms with E-state index in [1.807, 2.05) is 0 Å². The van der Waals surface area contributed by atoms with Gasteiger partial charge in [-0.2, -0.15) is 0 Å². The predicted octanol–water partition coefficient (Wildman–Crippen LogP) is 4.95. The molecule has 0 nitrogen and oxygen atoms in total. The molecule has 0 radical (unpaired) electrons. The molecule has 2 aliphatic rings. The molecule has 0 amide bonds. The van der Waals surface area contributed by atoms with Gasteiger partial charge in [-0.3, -0.25) is 0 Å². The monoisotopic (exact) mass is 306 g/mol. The Morgan fingerprint density at radius 2 is 1.36 bits per heavy atom. The van der Waals surface area contributed by atoms with E-state index in [-0.39, 0.29) is 0 Å². The second kappa shape index (κ2) is 3.95. The minimum absolute atomic E-state index is 0.645. The maximum Gasteiger partial charge on any atom is 0.0110 e. The van der Waals surface area contributed by atoms with Crippen LogP contribution in [0.25, 0.3) is 0 Å². The third-order valence-corrected chi connectivity index (χ3v) is 5.89. The minimum Gasteiger partial charge on any atom is -0.0826 e. The van der Waals surface area contributed by atoms with E-state index in [1.54, 1.807) is 0 Å². The normalized spacial score (nSPS) is 31.9. The molecule has 14 heavy (non-hydrogen) atoms. The van der Waals surface area contributed by atoms with Gasteiger partial charge in [-0.15, -0.1) is 0 Å². The van der Waals surface area contributed by atoms with Crippen LogP contribution in [0.5, 0.6) is 0 Å². The molecule has 0 N–H and O–H groups in total. The summed E-state index contributed by atoms with van der Waals surface area (Å²) in [6.45, 7) is 4.90. The van der Waals surface area contributed by atoms with Crippen LogP contribution in [0.1, 0.15) is 65.2 Å². The first-order chi connectivity index (χ1) is 6.52. The Hall–Kier alpha value is 0.730. The molecule has 2 saturated carbocycles. The molecule has 0 aromatic carbocycles. The third kappa shape index (κ3) is 2.45. The molecule has 0 aromatic rings. The maximum atomic E-state index is 2.64. The fourth-order valence-electron chi connectivity index (χ4n) is 3.15. The van der Waals surface area contributed by atoms with Crippen molar-refractivity contribution in [3.05, 3.63) is 0 Å². The number of hydrogen-bond acceptors (Lipinski definition) is 0. The van der Waals surface area contributed by atoms with Crippen LogP contribution < -0.4 is 0 Å². The summed E-state index contributed by atoms with van der Waals surface area (Å²) in [6.07, 6.45) is 12.0. The minimum atomic E-state index is 0.645. The van der Waals surface area contributed by atoms with Gasteiger partial charge in [-0.1, -0.05) is 36.4 Å². The summed E-state index contributed by atoms with van der Waals surface area (Å²) in [6, 6.07) is 0. The number of hydrogen-bond donors (Lipinski definition) is 0. The van der Waals surface area contributed by atoms with Gasteiger partial charge < -0.3 is 0 Å². The van der Waals surface area contributed by atoms with Crippen molar-refractivity contribution in [2.24, 2.45) is 10.8 Å². The maximum absolute atomic E-state index is 2.64. The van der Waals surface area contributed by atoms with Crippen LogP contribution in [0, 0.1) is 10.8 Å². The molecule has 0 atom stereocenters. The Labute approximate surface area is 102 Å². The Bertz CT molecular complexity index is 187. The van der Waals surface area contributed by atoms with Gasteiger partial charge in [0.2, 0.25) is 0 Å². The van der Waals surface area contributed by atoms with Gasteiger partial charge in [0.05, 0.1) is 0 Å².